The Labute approximate surface area is 331 Å². The second-order valence-electron chi connectivity index (χ2n) is 14.9. The maximum Gasteiger partial charge on any atom is 0.0542 e. The van der Waals surface area contributed by atoms with Crippen LogP contribution in [0.1, 0.15) is 25.0 Å². The summed E-state index contributed by atoms with van der Waals surface area (Å²) in [5.74, 6) is 0. The maximum atomic E-state index is 6.44. The van der Waals surface area contributed by atoms with Crippen LogP contribution in [0.3, 0.4) is 0 Å². The molecule has 1 aliphatic rings. The van der Waals surface area contributed by atoms with Crippen LogP contribution >= 0.6 is 23.2 Å². The second kappa shape index (κ2) is 13.1. The summed E-state index contributed by atoms with van der Waals surface area (Å²) in [5, 5.41) is 3.58. The lowest BCUT2D eigenvalue weighted by Gasteiger charge is -2.28. The Morgan fingerprint density at radius 2 is 0.891 bits per heavy atom. The molecule has 0 aliphatic heterocycles. The van der Waals surface area contributed by atoms with Crippen molar-refractivity contribution in [2.45, 2.75) is 19.3 Å². The van der Waals surface area contributed by atoms with Crippen LogP contribution in [0.15, 0.2) is 182 Å². The molecule has 0 radical (unpaired) electrons. The van der Waals surface area contributed by atoms with E-state index in [0.29, 0.717) is 10.0 Å². The van der Waals surface area contributed by atoms with Crippen LogP contribution < -0.4 is 4.90 Å². The molecule has 8 aromatic carbocycles. The van der Waals surface area contributed by atoms with Gasteiger partial charge >= 0.3 is 0 Å². The molecule has 0 atom stereocenters. The number of anilines is 3. The zero-order valence-corrected chi connectivity index (χ0v) is 32.0. The molecule has 1 heterocycles. The minimum Gasteiger partial charge on any atom is -0.310 e. The van der Waals surface area contributed by atoms with E-state index in [2.05, 4.69) is 181 Å². The Balaban J connectivity index is 1.02. The van der Waals surface area contributed by atoms with Gasteiger partial charge in [-0.1, -0.05) is 134 Å². The van der Waals surface area contributed by atoms with Crippen molar-refractivity contribution < 1.29 is 0 Å². The fourth-order valence-corrected chi connectivity index (χ4v) is 8.91. The number of halogens is 2. The summed E-state index contributed by atoms with van der Waals surface area (Å²) in [6.07, 6.45) is 0. The SMILES string of the molecule is CC1(C)c2ccccc2-c2ccc(N(c3ccc(-c4ccccc4)cc3)c3ccc(-c4ccc(-n5c6ccc(Cl)cc6c6cc(Cl)ccc65)cc4)cc3)cc21. The van der Waals surface area contributed by atoms with Gasteiger partial charge in [0.05, 0.1) is 11.0 Å². The van der Waals surface area contributed by atoms with Gasteiger partial charge in [0.15, 0.2) is 0 Å². The van der Waals surface area contributed by atoms with Crippen molar-refractivity contribution >= 4 is 62.1 Å². The Kier molecular flexibility index (Phi) is 7.95. The minimum absolute atomic E-state index is 0.0971. The van der Waals surface area contributed by atoms with E-state index in [4.69, 9.17) is 23.2 Å². The van der Waals surface area contributed by atoms with Crippen molar-refractivity contribution in [3.05, 3.63) is 203 Å². The van der Waals surface area contributed by atoms with Crippen LogP contribution in [0.5, 0.6) is 0 Å². The number of benzene rings is 8. The van der Waals surface area contributed by atoms with Gasteiger partial charge in [-0.05, 0) is 129 Å². The molecule has 0 N–H and O–H groups in total. The summed E-state index contributed by atoms with van der Waals surface area (Å²) < 4.78 is 2.28. The monoisotopic (exact) mass is 746 g/mol. The highest BCUT2D eigenvalue weighted by Crippen LogP contribution is 2.50. The van der Waals surface area contributed by atoms with Crippen molar-refractivity contribution in [3.63, 3.8) is 0 Å². The van der Waals surface area contributed by atoms with Crippen molar-refractivity contribution in [1.82, 2.24) is 4.57 Å². The Morgan fingerprint density at radius 3 is 1.47 bits per heavy atom. The highest BCUT2D eigenvalue weighted by molar-refractivity contribution is 6.33. The van der Waals surface area contributed by atoms with Gasteiger partial charge in [-0.2, -0.15) is 0 Å². The van der Waals surface area contributed by atoms with Crippen LogP contribution in [0, 0.1) is 0 Å². The highest BCUT2D eigenvalue weighted by atomic mass is 35.5. The third kappa shape index (κ3) is 5.64. The van der Waals surface area contributed by atoms with Crippen LogP contribution in [0.25, 0.3) is 60.9 Å². The molecule has 10 rings (SSSR count). The van der Waals surface area contributed by atoms with Crippen LogP contribution in [0.2, 0.25) is 10.0 Å². The molecule has 4 heteroatoms. The number of hydrogen-bond donors (Lipinski definition) is 0. The summed E-state index contributed by atoms with van der Waals surface area (Å²) in [5.41, 5.74) is 16.6. The lowest BCUT2D eigenvalue weighted by Crippen LogP contribution is -2.16. The largest absolute Gasteiger partial charge is 0.310 e. The first kappa shape index (κ1) is 33.5. The Bertz CT molecular complexity index is 2830. The van der Waals surface area contributed by atoms with E-state index in [1.165, 1.54) is 33.4 Å². The van der Waals surface area contributed by atoms with Gasteiger partial charge in [0.1, 0.15) is 0 Å². The molecule has 1 aliphatic carbocycles. The first-order valence-corrected chi connectivity index (χ1v) is 19.4. The molecule has 0 amide bonds. The number of rotatable bonds is 6. The van der Waals surface area contributed by atoms with Gasteiger partial charge in [-0.25, -0.2) is 0 Å². The Morgan fingerprint density at radius 1 is 0.418 bits per heavy atom. The molecule has 1 aromatic heterocycles. The summed E-state index contributed by atoms with van der Waals surface area (Å²) in [4.78, 5) is 2.38. The van der Waals surface area contributed by atoms with Crippen molar-refractivity contribution in [3.8, 4) is 39.1 Å². The van der Waals surface area contributed by atoms with Crippen LogP contribution in [-0.2, 0) is 5.41 Å². The number of aromatic nitrogens is 1. The topological polar surface area (TPSA) is 8.17 Å². The third-order valence-corrected chi connectivity index (χ3v) is 11.8. The van der Waals surface area contributed by atoms with Gasteiger partial charge < -0.3 is 9.47 Å². The summed E-state index contributed by atoms with van der Waals surface area (Å²) in [7, 11) is 0. The molecular formula is C51H36Cl2N2. The normalized spacial score (nSPS) is 12.9. The molecule has 0 spiro atoms. The Hall–Kier alpha value is -6.06. The van der Waals surface area contributed by atoms with Crippen molar-refractivity contribution in [1.29, 1.82) is 0 Å². The predicted molar refractivity (Wildman–Crippen MR) is 234 cm³/mol. The zero-order valence-electron chi connectivity index (χ0n) is 30.5. The quantitative estimate of drug-likeness (QED) is 0.164. The van der Waals surface area contributed by atoms with E-state index in [9.17, 15) is 0 Å². The molecule has 0 bridgehead atoms. The maximum absolute atomic E-state index is 6.44. The molecule has 55 heavy (non-hydrogen) atoms. The average Bonchev–Trinajstić information content (AvgIpc) is 3.66. The lowest BCUT2D eigenvalue weighted by molar-refractivity contribution is 0.660. The van der Waals surface area contributed by atoms with Crippen molar-refractivity contribution in [2.75, 3.05) is 4.90 Å². The minimum atomic E-state index is -0.0971. The lowest BCUT2D eigenvalue weighted by atomic mass is 9.82. The molecular weight excluding hydrogens is 711 g/mol. The third-order valence-electron chi connectivity index (χ3n) is 11.3. The standard InChI is InChI=1S/C51H36Cl2N2/c1-51(2)47-11-7-6-10-43(47)44-27-26-42(32-48(44)51)54(39-20-12-34(13-21-39)33-8-4-3-5-9-33)40-22-14-35(15-23-40)36-16-24-41(25-17-36)55-49-28-18-37(52)30-45(49)46-31-38(53)19-29-50(46)55/h3-32H,1-2H3. The summed E-state index contributed by atoms with van der Waals surface area (Å²) in [6, 6.07) is 65.1. The molecule has 9 aromatic rings. The van der Waals surface area contributed by atoms with Gasteiger partial charge in [0.2, 0.25) is 0 Å². The van der Waals surface area contributed by atoms with E-state index in [1.807, 2.05) is 24.3 Å². The van der Waals surface area contributed by atoms with Gasteiger partial charge in [0, 0.05) is 49.0 Å². The smallest absolute Gasteiger partial charge is 0.0542 e. The van der Waals surface area contributed by atoms with Gasteiger partial charge in [-0.3, -0.25) is 0 Å². The van der Waals surface area contributed by atoms with E-state index < -0.39 is 0 Å². The first-order valence-electron chi connectivity index (χ1n) is 18.6. The molecule has 0 saturated heterocycles. The molecule has 264 valence electrons. The zero-order chi connectivity index (χ0) is 37.3. The first-order chi connectivity index (χ1) is 26.8. The number of nitrogens with zero attached hydrogens (tertiary/aromatic N) is 2. The van der Waals surface area contributed by atoms with Gasteiger partial charge in [-0.15, -0.1) is 0 Å². The molecule has 0 fully saturated rings. The second-order valence-corrected chi connectivity index (χ2v) is 15.8. The summed E-state index contributed by atoms with van der Waals surface area (Å²) >= 11 is 12.9. The summed E-state index contributed by atoms with van der Waals surface area (Å²) in [6.45, 7) is 4.68. The van der Waals surface area contributed by atoms with Crippen LogP contribution in [0.4, 0.5) is 17.1 Å². The fourth-order valence-electron chi connectivity index (χ4n) is 8.56. The number of fused-ring (bicyclic) bond motifs is 6. The highest BCUT2D eigenvalue weighted by Gasteiger charge is 2.35. The van der Waals surface area contributed by atoms with Crippen molar-refractivity contribution in [2.24, 2.45) is 0 Å². The van der Waals surface area contributed by atoms with Crippen LogP contribution in [-0.4, -0.2) is 4.57 Å². The average molecular weight is 748 g/mol. The van der Waals surface area contributed by atoms with Gasteiger partial charge in [0.25, 0.3) is 0 Å². The fraction of sp³-hybridized carbons (Fsp3) is 0.0588. The molecule has 0 saturated carbocycles. The molecule has 0 unspecified atom stereocenters. The van der Waals surface area contributed by atoms with E-state index in [0.717, 1.165) is 55.7 Å². The predicted octanol–water partition coefficient (Wildman–Crippen LogP) is 15.2. The van der Waals surface area contributed by atoms with E-state index in [-0.39, 0.29) is 5.41 Å². The van der Waals surface area contributed by atoms with E-state index in [1.54, 1.807) is 0 Å². The molecule has 2 nitrogen and oxygen atoms in total. The number of hydrogen-bond acceptors (Lipinski definition) is 1. The van der Waals surface area contributed by atoms with E-state index >= 15 is 0 Å².